The topological polar surface area (TPSA) is 115 Å². The Hall–Kier alpha value is -2.59. The second kappa shape index (κ2) is 10.8. The molecule has 29 heavy (non-hydrogen) atoms. The molecule has 3 rings (SSSR count). The lowest BCUT2D eigenvalue weighted by Gasteiger charge is -2.05. The fourth-order valence-electron chi connectivity index (χ4n) is 2.09. The van der Waals surface area contributed by atoms with Gasteiger partial charge in [-0.15, -0.1) is 0 Å². The van der Waals surface area contributed by atoms with Crippen molar-refractivity contribution in [3.8, 4) is 5.75 Å². The third-order valence-electron chi connectivity index (χ3n) is 3.56. The Morgan fingerprint density at radius 3 is 1.90 bits per heavy atom. The van der Waals surface area contributed by atoms with Crippen LogP contribution in [0.5, 0.6) is 5.75 Å². The Bertz CT molecular complexity index is 1080. The highest BCUT2D eigenvalue weighted by atomic mass is 127. The summed E-state index contributed by atoms with van der Waals surface area (Å²) >= 11 is -0.202. The summed E-state index contributed by atoms with van der Waals surface area (Å²) in [5, 5.41) is 3.55. The molecule has 150 valence electrons. The molecule has 3 aromatic carbocycles. The van der Waals surface area contributed by atoms with Crippen LogP contribution in [-0.2, 0) is 10.1 Å². The van der Waals surface area contributed by atoms with Crippen LogP contribution >= 0.6 is 0 Å². The zero-order chi connectivity index (χ0) is 21.3. The molecule has 0 fully saturated rings. The molecular weight excluding hydrogens is 505 g/mol. The number of azide groups is 1. The van der Waals surface area contributed by atoms with Crippen molar-refractivity contribution in [3.05, 3.63) is 95.9 Å². The number of nitrogens with zero attached hydrogens (tertiary/aromatic N) is 3. The minimum atomic E-state index is -4.27. The highest BCUT2D eigenvalue weighted by Gasteiger charge is 2.14. The maximum absolute atomic E-state index is 10.4. The number of rotatable bonds is 5. The van der Waals surface area contributed by atoms with E-state index in [0.29, 0.717) is 5.69 Å². The van der Waals surface area contributed by atoms with Gasteiger partial charge in [-0.2, -0.15) is 0 Å². The molecule has 0 aliphatic carbocycles. The lowest BCUT2D eigenvalue weighted by molar-refractivity contribution is -0.597. The fourth-order valence-corrected chi connectivity index (χ4v) is 4.71. The number of methoxy groups -OCH3 is 1. The van der Waals surface area contributed by atoms with Crippen LogP contribution < -0.4 is 25.9 Å². The third kappa shape index (κ3) is 7.74. The van der Waals surface area contributed by atoms with Gasteiger partial charge in [0.1, 0.15) is 15.9 Å². The molecule has 0 aromatic heterocycles. The summed E-state index contributed by atoms with van der Waals surface area (Å²) in [5.41, 5.74) is 9.91. The van der Waals surface area contributed by atoms with Crippen molar-refractivity contribution >= 4 is 15.8 Å². The second-order valence-corrected chi connectivity index (χ2v) is 10.1. The Morgan fingerprint density at radius 1 is 0.931 bits per heavy atom. The smallest absolute Gasteiger partial charge is 0.357 e. The van der Waals surface area contributed by atoms with Crippen LogP contribution in [0.15, 0.2) is 82.8 Å². The number of benzene rings is 3. The van der Waals surface area contributed by atoms with E-state index in [0.717, 1.165) is 11.3 Å². The number of halogens is 1. The van der Waals surface area contributed by atoms with E-state index in [-0.39, 0.29) is 26.1 Å². The van der Waals surface area contributed by atoms with E-state index in [1.807, 2.05) is 43.3 Å². The van der Waals surface area contributed by atoms with Gasteiger partial charge in [0.05, 0.1) is 12.0 Å². The third-order valence-corrected chi connectivity index (χ3v) is 7.10. The van der Waals surface area contributed by atoms with Crippen molar-refractivity contribution in [2.45, 2.75) is 11.8 Å². The SMILES string of the molecule is COc1ccc([I+]c2ccc(N=[N+]=[N-])cc2)cc1.Cc1ccc(S(=O)(=O)[O-])cc1. The first-order valence-corrected chi connectivity index (χ1v) is 11.8. The first-order valence-electron chi connectivity index (χ1n) is 8.28. The monoisotopic (exact) mass is 523 g/mol. The van der Waals surface area contributed by atoms with Crippen LogP contribution in [0.25, 0.3) is 10.4 Å². The molecule has 0 amide bonds. The molecule has 0 atom stereocenters. The molecule has 0 bridgehead atoms. The summed E-state index contributed by atoms with van der Waals surface area (Å²) in [6.07, 6.45) is 0. The highest BCUT2D eigenvalue weighted by molar-refractivity contribution is 7.85. The van der Waals surface area contributed by atoms with E-state index in [9.17, 15) is 13.0 Å². The normalized spacial score (nSPS) is 10.3. The summed E-state index contributed by atoms with van der Waals surface area (Å²) in [6.45, 7) is 1.82. The lowest BCUT2D eigenvalue weighted by Crippen LogP contribution is -3.61. The van der Waals surface area contributed by atoms with Crippen molar-refractivity contribution in [3.63, 3.8) is 0 Å². The van der Waals surface area contributed by atoms with Gasteiger partial charge in [-0.1, -0.05) is 22.8 Å². The summed E-state index contributed by atoms with van der Waals surface area (Å²) in [4.78, 5) is 2.58. The largest absolute Gasteiger partial charge is 0.744 e. The highest BCUT2D eigenvalue weighted by Crippen LogP contribution is 2.10. The zero-order valence-electron chi connectivity index (χ0n) is 15.7. The summed E-state index contributed by atoms with van der Waals surface area (Å²) in [5.74, 6) is 0.876. The number of aryl methyl sites for hydroxylation is 1. The quantitative estimate of drug-likeness (QED) is 0.166. The number of ether oxygens (including phenoxy) is 1. The second-order valence-electron chi connectivity index (χ2n) is 5.69. The maximum Gasteiger partial charge on any atom is 0.357 e. The van der Waals surface area contributed by atoms with Gasteiger partial charge in [0, 0.05) is 10.6 Å². The van der Waals surface area contributed by atoms with Gasteiger partial charge in [-0.05, 0) is 73.1 Å². The minimum Gasteiger partial charge on any atom is -0.744 e. The lowest BCUT2D eigenvalue weighted by atomic mass is 10.2. The summed E-state index contributed by atoms with van der Waals surface area (Å²) in [6, 6.07) is 21.6. The van der Waals surface area contributed by atoms with Gasteiger partial charge in [0.2, 0.25) is 0 Å². The molecule has 7 nitrogen and oxygen atoms in total. The molecule has 0 saturated carbocycles. The van der Waals surface area contributed by atoms with Crippen LogP contribution in [-0.4, -0.2) is 20.1 Å². The van der Waals surface area contributed by atoms with E-state index in [1.165, 1.54) is 19.3 Å². The molecule has 0 aliphatic heterocycles. The average Bonchev–Trinajstić information content (AvgIpc) is 2.70. The van der Waals surface area contributed by atoms with Gasteiger partial charge >= 0.3 is 21.2 Å². The van der Waals surface area contributed by atoms with Crippen LogP contribution in [0.3, 0.4) is 0 Å². The van der Waals surface area contributed by atoms with E-state index in [2.05, 4.69) is 22.2 Å². The first kappa shape index (κ1) is 22.7. The van der Waals surface area contributed by atoms with Gasteiger partial charge in [0.15, 0.2) is 7.14 Å². The van der Waals surface area contributed by atoms with Crippen molar-refractivity contribution < 1.29 is 38.9 Å². The van der Waals surface area contributed by atoms with Crippen molar-refractivity contribution in [2.24, 2.45) is 5.11 Å². The summed E-state index contributed by atoms with van der Waals surface area (Å²) < 4.78 is 38.9. The van der Waals surface area contributed by atoms with Gasteiger partial charge in [0.25, 0.3) is 0 Å². The van der Waals surface area contributed by atoms with Crippen LogP contribution in [0.2, 0.25) is 0 Å². The predicted octanol–water partition coefficient (Wildman–Crippen LogP) is 1.66. The van der Waals surface area contributed by atoms with Gasteiger partial charge in [-0.25, -0.2) is 8.42 Å². The molecular formula is C20H18IN3O4S. The Morgan fingerprint density at radius 2 is 1.45 bits per heavy atom. The molecule has 0 saturated heterocycles. The van der Waals surface area contributed by atoms with Crippen molar-refractivity contribution in [1.29, 1.82) is 0 Å². The summed E-state index contributed by atoms with van der Waals surface area (Å²) in [7, 11) is -2.60. The van der Waals surface area contributed by atoms with Crippen molar-refractivity contribution in [2.75, 3.05) is 7.11 Å². The van der Waals surface area contributed by atoms with E-state index >= 15 is 0 Å². The molecule has 0 spiro atoms. The van der Waals surface area contributed by atoms with E-state index in [1.54, 1.807) is 19.2 Å². The zero-order valence-corrected chi connectivity index (χ0v) is 18.7. The van der Waals surface area contributed by atoms with Gasteiger partial charge < -0.3 is 9.29 Å². The Balaban J connectivity index is 0.000000234. The Labute approximate surface area is 180 Å². The van der Waals surface area contributed by atoms with Crippen molar-refractivity contribution in [1.82, 2.24) is 0 Å². The molecule has 0 radical (unpaired) electrons. The predicted molar refractivity (Wildman–Crippen MR) is 105 cm³/mol. The van der Waals surface area contributed by atoms with Crippen LogP contribution in [0.1, 0.15) is 5.56 Å². The molecule has 3 aromatic rings. The maximum atomic E-state index is 10.4. The molecule has 0 heterocycles. The average molecular weight is 523 g/mol. The van der Waals surface area contributed by atoms with Gasteiger partial charge in [-0.3, -0.25) is 0 Å². The Kier molecular flexibility index (Phi) is 8.47. The van der Waals surface area contributed by atoms with Crippen LogP contribution in [0, 0.1) is 14.1 Å². The van der Waals surface area contributed by atoms with E-state index < -0.39 is 10.1 Å². The molecule has 9 heteroatoms. The fraction of sp³-hybridized carbons (Fsp3) is 0.100. The number of hydrogen-bond donors (Lipinski definition) is 0. The molecule has 0 unspecified atom stereocenters. The standard InChI is InChI=1S/C13H11IN3O.C7H8O3S/c1-18-13-8-4-11(5-9-13)14-10-2-6-12(7-3-10)16-17-15;1-6-2-4-7(5-3-6)11(8,9)10/h2-9H,1H3;2-5H,1H3,(H,8,9,10)/q+1;/p-1. The molecule has 0 N–H and O–H groups in total. The minimum absolute atomic E-state index is 0.178. The van der Waals surface area contributed by atoms with E-state index in [4.69, 9.17) is 10.3 Å². The first-order chi connectivity index (χ1) is 13.8. The molecule has 0 aliphatic rings. The van der Waals surface area contributed by atoms with Crippen LogP contribution in [0.4, 0.5) is 5.69 Å². The number of hydrogen-bond acceptors (Lipinski definition) is 5.